The molecule has 0 spiro atoms. The Labute approximate surface area is 121 Å². The summed E-state index contributed by atoms with van der Waals surface area (Å²) >= 11 is 0. The van der Waals surface area contributed by atoms with Crippen molar-refractivity contribution in [3.8, 4) is 0 Å². The van der Waals surface area contributed by atoms with Crippen LogP contribution in [0.3, 0.4) is 0 Å². The van der Waals surface area contributed by atoms with Crippen molar-refractivity contribution in [1.82, 2.24) is 0 Å². The van der Waals surface area contributed by atoms with Gasteiger partial charge in [-0.3, -0.25) is 4.79 Å². The summed E-state index contributed by atoms with van der Waals surface area (Å²) in [5, 5.41) is 4.49. The van der Waals surface area contributed by atoms with E-state index in [-0.39, 0.29) is 5.69 Å². The Bertz CT molecular complexity index is 721. The monoisotopic (exact) mass is 316 g/mol. The fourth-order valence-corrected chi connectivity index (χ4v) is 1.61. The molecule has 0 saturated carbocycles. The van der Waals surface area contributed by atoms with Crippen molar-refractivity contribution in [1.29, 1.82) is 0 Å². The molecule has 8 heteroatoms. The molecule has 0 atom stereocenters. The number of rotatable bonds is 4. The van der Waals surface area contributed by atoms with Gasteiger partial charge in [-0.2, -0.15) is 0 Å². The third-order valence-corrected chi connectivity index (χ3v) is 2.65. The van der Waals surface area contributed by atoms with Crippen LogP contribution >= 0.6 is 0 Å². The second-order valence-electron chi connectivity index (χ2n) is 4.28. The van der Waals surface area contributed by atoms with E-state index in [0.29, 0.717) is 12.1 Å². The Morgan fingerprint density at radius 2 is 1.45 bits per heavy atom. The summed E-state index contributed by atoms with van der Waals surface area (Å²) in [6.07, 6.45) is 0. The van der Waals surface area contributed by atoms with Crippen LogP contribution < -0.4 is 10.6 Å². The van der Waals surface area contributed by atoms with E-state index < -0.39 is 47.2 Å². The largest absolute Gasteiger partial charge is 0.374 e. The zero-order chi connectivity index (χ0) is 16.3. The Hall–Kier alpha value is -2.64. The molecule has 0 aromatic heterocycles. The average molecular weight is 316 g/mol. The van der Waals surface area contributed by atoms with Crippen LogP contribution in [0.5, 0.6) is 0 Å². The summed E-state index contributed by atoms with van der Waals surface area (Å²) in [7, 11) is 0. The summed E-state index contributed by atoms with van der Waals surface area (Å²) in [6.45, 7) is -0.485. The average Bonchev–Trinajstić information content (AvgIpc) is 2.45. The highest BCUT2D eigenvalue weighted by molar-refractivity contribution is 5.93. The van der Waals surface area contributed by atoms with Crippen molar-refractivity contribution in [2.75, 3.05) is 17.2 Å². The van der Waals surface area contributed by atoms with Crippen molar-refractivity contribution in [2.24, 2.45) is 0 Å². The number of carbonyl (C=O) groups excluding carboxylic acids is 1. The van der Waals surface area contributed by atoms with E-state index in [2.05, 4.69) is 10.6 Å². The molecule has 2 aromatic carbocycles. The summed E-state index contributed by atoms with van der Waals surface area (Å²) in [5.41, 5.74) is -0.407. The highest BCUT2D eigenvalue weighted by atomic mass is 19.2. The third-order valence-electron chi connectivity index (χ3n) is 2.65. The minimum atomic E-state index is -1.35. The molecule has 0 unspecified atom stereocenters. The van der Waals surface area contributed by atoms with Gasteiger partial charge >= 0.3 is 0 Å². The second kappa shape index (κ2) is 6.42. The lowest BCUT2D eigenvalue weighted by atomic mass is 10.2. The molecule has 0 radical (unpaired) electrons. The van der Waals surface area contributed by atoms with Gasteiger partial charge in [0.05, 0.1) is 12.2 Å². The van der Waals surface area contributed by atoms with E-state index in [4.69, 9.17) is 0 Å². The van der Waals surface area contributed by atoms with Crippen molar-refractivity contribution in [3.63, 3.8) is 0 Å². The second-order valence-corrected chi connectivity index (χ2v) is 4.28. The molecule has 22 heavy (non-hydrogen) atoms. The van der Waals surface area contributed by atoms with E-state index >= 15 is 0 Å². The van der Waals surface area contributed by atoms with E-state index in [1.807, 2.05) is 0 Å². The molecule has 0 saturated heterocycles. The van der Waals surface area contributed by atoms with Gasteiger partial charge in [0.1, 0.15) is 5.82 Å². The molecule has 0 heterocycles. The number of hydrogen-bond donors (Lipinski definition) is 2. The van der Waals surface area contributed by atoms with Gasteiger partial charge in [-0.05, 0) is 12.1 Å². The molecule has 0 aliphatic carbocycles. The minimum Gasteiger partial charge on any atom is -0.374 e. The van der Waals surface area contributed by atoms with Crippen LogP contribution in [0.1, 0.15) is 0 Å². The predicted molar refractivity (Wildman–Crippen MR) is 69.8 cm³/mol. The number of halogens is 5. The molecule has 0 bridgehead atoms. The number of hydrogen-bond acceptors (Lipinski definition) is 2. The van der Waals surface area contributed by atoms with Gasteiger partial charge in [0.25, 0.3) is 0 Å². The molecule has 2 N–H and O–H groups in total. The van der Waals surface area contributed by atoms with Crippen LogP contribution in [0.2, 0.25) is 0 Å². The van der Waals surface area contributed by atoms with E-state index in [0.717, 1.165) is 18.2 Å². The van der Waals surface area contributed by atoms with Gasteiger partial charge in [-0.25, -0.2) is 22.0 Å². The Morgan fingerprint density at radius 1 is 0.818 bits per heavy atom. The molecule has 1 amide bonds. The van der Waals surface area contributed by atoms with E-state index in [1.165, 1.54) is 0 Å². The molecule has 3 nitrogen and oxygen atoms in total. The van der Waals surface area contributed by atoms with Crippen LogP contribution in [0.4, 0.5) is 33.3 Å². The summed E-state index contributed by atoms with van der Waals surface area (Å²) in [4.78, 5) is 11.6. The van der Waals surface area contributed by atoms with E-state index in [9.17, 15) is 26.7 Å². The van der Waals surface area contributed by atoms with Crippen LogP contribution in [-0.4, -0.2) is 12.5 Å². The van der Waals surface area contributed by atoms with Crippen molar-refractivity contribution in [3.05, 3.63) is 59.4 Å². The fraction of sp³-hybridized carbons (Fsp3) is 0.0714. The highest BCUT2D eigenvalue weighted by Crippen LogP contribution is 2.18. The summed E-state index contributed by atoms with van der Waals surface area (Å²) in [5.74, 6) is -6.62. The quantitative estimate of drug-likeness (QED) is 0.670. The number of nitrogens with one attached hydrogen (secondary N) is 2. The lowest BCUT2D eigenvalue weighted by molar-refractivity contribution is -0.114. The Balaban J connectivity index is 1.98. The number of amides is 1. The zero-order valence-corrected chi connectivity index (χ0v) is 10.9. The van der Waals surface area contributed by atoms with Crippen LogP contribution in [0.15, 0.2) is 30.3 Å². The van der Waals surface area contributed by atoms with Gasteiger partial charge in [0.2, 0.25) is 5.91 Å². The zero-order valence-electron chi connectivity index (χ0n) is 10.9. The van der Waals surface area contributed by atoms with Gasteiger partial charge in [-0.15, -0.1) is 0 Å². The molecule has 2 aromatic rings. The number of anilines is 2. The molecule has 0 aliphatic rings. The summed E-state index contributed by atoms with van der Waals surface area (Å²) < 4.78 is 64.7. The van der Waals surface area contributed by atoms with Crippen molar-refractivity contribution < 1.29 is 26.7 Å². The Morgan fingerprint density at radius 3 is 2.14 bits per heavy atom. The van der Waals surface area contributed by atoms with Crippen LogP contribution in [-0.2, 0) is 4.79 Å². The third kappa shape index (κ3) is 3.72. The number of benzene rings is 2. The first-order valence-corrected chi connectivity index (χ1v) is 6.00. The highest BCUT2D eigenvalue weighted by Gasteiger charge is 2.11. The predicted octanol–water partition coefficient (Wildman–Crippen LogP) is 3.43. The first kappa shape index (κ1) is 15.7. The van der Waals surface area contributed by atoms with Gasteiger partial charge in [0, 0.05) is 23.9 Å². The van der Waals surface area contributed by atoms with Gasteiger partial charge in [0.15, 0.2) is 23.3 Å². The van der Waals surface area contributed by atoms with Crippen molar-refractivity contribution >= 4 is 17.3 Å². The van der Waals surface area contributed by atoms with E-state index in [1.54, 1.807) is 0 Å². The normalized spacial score (nSPS) is 10.4. The molecule has 116 valence electrons. The first-order valence-electron chi connectivity index (χ1n) is 6.00. The summed E-state index contributed by atoms with van der Waals surface area (Å²) in [6, 6.07) is 3.63. The Kier molecular flexibility index (Phi) is 4.59. The number of carbonyl (C=O) groups is 1. The minimum absolute atomic E-state index is 0.00328. The molecule has 0 aliphatic heterocycles. The standard InChI is InChI=1S/C14H9F5N2O/c15-8-2-1-7(3-9(8)16)21-14(22)6-20-13-5-11(18)10(17)4-12(13)19/h1-5,20H,6H2,(H,21,22). The van der Waals surface area contributed by atoms with Crippen molar-refractivity contribution in [2.45, 2.75) is 0 Å². The maximum atomic E-state index is 13.3. The first-order chi connectivity index (χ1) is 10.4. The topological polar surface area (TPSA) is 41.1 Å². The lowest BCUT2D eigenvalue weighted by Gasteiger charge is -2.09. The van der Waals surface area contributed by atoms with Gasteiger partial charge in [-0.1, -0.05) is 0 Å². The smallest absolute Gasteiger partial charge is 0.243 e. The SMILES string of the molecule is O=C(CNc1cc(F)c(F)cc1F)Nc1ccc(F)c(F)c1. The van der Waals surface area contributed by atoms with Crippen LogP contribution in [0.25, 0.3) is 0 Å². The lowest BCUT2D eigenvalue weighted by Crippen LogP contribution is -2.22. The molecule has 0 fully saturated rings. The molecular formula is C14H9F5N2O. The maximum Gasteiger partial charge on any atom is 0.243 e. The molecule has 2 rings (SSSR count). The molecular weight excluding hydrogens is 307 g/mol. The maximum absolute atomic E-state index is 13.3. The van der Waals surface area contributed by atoms with Gasteiger partial charge < -0.3 is 10.6 Å². The van der Waals surface area contributed by atoms with Crippen LogP contribution in [0, 0.1) is 29.1 Å². The fourth-order valence-electron chi connectivity index (χ4n) is 1.61.